The van der Waals surface area contributed by atoms with Gasteiger partial charge in [-0.2, -0.15) is 0 Å². The Bertz CT molecular complexity index is 298. The number of halogens is 1. The summed E-state index contributed by atoms with van der Waals surface area (Å²) >= 11 is 5.30. The van der Waals surface area contributed by atoms with E-state index in [4.69, 9.17) is 4.74 Å². The van der Waals surface area contributed by atoms with Gasteiger partial charge in [0.25, 0.3) is 0 Å². The van der Waals surface area contributed by atoms with Gasteiger partial charge in [-0.3, -0.25) is 0 Å². The van der Waals surface area contributed by atoms with Gasteiger partial charge in [-0.1, -0.05) is 28.1 Å². The second-order valence-electron chi connectivity index (χ2n) is 3.31. The number of nitrogens with one attached hydrogen (secondary N) is 1. The lowest BCUT2D eigenvalue weighted by molar-refractivity contribution is 0.345. The summed E-state index contributed by atoms with van der Waals surface area (Å²) in [5.74, 6) is 2.15. The van der Waals surface area contributed by atoms with Gasteiger partial charge in [-0.25, -0.2) is 0 Å². The standard InChI is InChI=1S/C11H14BrNOS/c12-5-7-14-10-3-1-9(2-4-10)11-13-6-8-15-11/h1-4,11,13H,5-8H2. The Kier molecular flexibility index (Phi) is 4.35. The summed E-state index contributed by atoms with van der Waals surface area (Å²) in [6, 6.07) is 8.36. The molecule has 1 saturated heterocycles. The number of thioether (sulfide) groups is 1. The molecule has 1 fully saturated rings. The minimum atomic E-state index is 0.468. The average molecular weight is 288 g/mol. The summed E-state index contributed by atoms with van der Waals surface area (Å²) in [5.41, 5.74) is 1.34. The van der Waals surface area contributed by atoms with Gasteiger partial charge in [0.15, 0.2) is 0 Å². The Balaban J connectivity index is 1.96. The summed E-state index contributed by atoms with van der Waals surface area (Å²) in [5, 5.41) is 4.79. The van der Waals surface area contributed by atoms with Crippen molar-refractivity contribution < 1.29 is 4.74 Å². The molecule has 1 aliphatic heterocycles. The van der Waals surface area contributed by atoms with Crippen molar-refractivity contribution in [3.8, 4) is 5.75 Å². The maximum Gasteiger partial charge on any atom is 0.119 e. The van der Waals surface area contributed by atoms with Gasteiger partial charge in [0.05, 0.1) is 12.0 Å². The van der Waals surface area contributed by atoms with Crippen LogP contribution in [0.2, 0.25) is 0 Å². The third kappa shape index (κ3) is 3.13. The Hall–Kier alpha value is -0.190. The summed E-state index contributed by atoms with van der Waals surface area (Å²) in [7, 11) is 0. The molecular formula is C11H14BrNOS. The summed E-state index contributed by atoms with van der Waals surface area (Å²) in [4.78, 5) is 0. The van der Waals surface area contributed by atoms with Crippen molar-refractivity contribution in [1.29, 1.82) is 0 Å². The van der Waals surface area contributed by atoms with Crippen molar-refractivity contribution in [3.63, 3.8) is 0 Å². The molecule has 2 rings (SSSR count). The van der Waals surface area contributed by atoms with Gasteiger partial charge in [-0.05, 0) is 17.7 Å². The largest absolute Gasteiger partial charge is 0.493 e. The topological polar surface area (TPSA) is 21.3 Å². The molecule has 1 atom stereocenters. The fraction of sp³-hybridized carbons (Fsp3) is 0.455. The van der Waals surface area contributed by atoms with Gasteiger partial charge >= 0.3 is 0 Å². The fourth-order valence-corrected chi connectivity index (χ4v) is 2.75. The van der Waals surface area contributed by atoms with E-state index in [0.29, 0.717) is 5.37 Å². The summed E-state index contributed by atoms with van der Waals surface area (Å²) in [6.45, 7) is 1.83. The van der Waals surface area contributed by atoms with E-state index in [1.807, 2.05) is 23.9 Å². The zero-order valence-corrected chi connectivity index (χ0v) is 10.8. The molecule has 2 nitrogen and oxygen atoms in total. The van der Waals surface area contributed by atoms with Crippen molar-refractivity contribution in [1.82, 2.24) is 5.32 Å². The Labute approximate surface area is 103 Å². The fourth-order valence-electron chi connectivity index (χ4n) is 1.54. The van der Waals surface area contributed by atoms with Crippen LogP contribution in [0.4, 0.5) is 0 Å². The molecule has 0 amide bonds. The molecule has 0 bridgehead atoms. The van der Waals surface area contributed by atoms with E-state index < -0.39 is 0 Å². The van der Waals surface area contributed by atoms with Gasteiger partial charge in [0.1, 0.15) is 5.75 Å². The van der Waals surface area contributed by atoms with E-state index in [-0.39, 0.29) is 0 Å². The van der Waals surface area contributed by atoms with E-state index in [2.05, 4.69) is 33.4 Å². The van der Waals surface area contributed by atoms with Gasteiger partial charge in [0.2, 0.25) is 0 Å². The van der Waals surface area contributed by atoms with Crippen LogP contribution in [0.25, 0.3) is 0 Å². The molecule has 1 aliphatic rings. The quantitative estimate of drug-likeness (QED) is 0.861. The Morgan fingerprint density at radius 3 is 2.80 bits per heavy atom. The van der Waals surface area contributed by atoms with E-state index in [1.54, 1.807) is 0 Å². The van der Waals surface area contributed by atoms with Gasteiger partial charge < -0.3 is 10.1 Å². The van der Waals surface area contributed by atoms with Crippen molar-refractivity contribution in [2.75, 3.05) is 24.2 Å². The van der Waals surface area contributed by atoms with Gasteiger partial charge in [-0.15, -0.1) is 11.8 Å². The van der Waals surface area contributed by atoms with Crippen molar-refractivity contribution in [2.24, 2.45) is 0 Å². The normalized spacial score (nSPS) is 20.5. The lowest BCUT2D eigenvalue weighted by Crippen LogP contribution is -2.11. The second kappa shape index (κ2) is 5.77. The molecule has 1 unspecified atom stereocenters. The number of hydrogen-bond acceptors (Lipinski definition) is 3. The van der Waals surface area contributed by atoms with E-state index in [1.165, 1.54) is 11.3 Å². The molecule has 0 saturated carbocycles. The molecule has 4 heteroatoms. The number of rotatable bonds is 4. The second-order valence-corrected chi connectivity index (χ2v) is 5.32. The smallest absolute Gasteiger partial charge is 0.119 e. The Morgan fingerprint density at radius 1 is 1.40 bits per heavy atom. The minimum Gasteiger partial charge on any atom is -0.493 e. The van der Waals surface area contributed by atoms with Crippen LogP contribution in [0.3, 0.4) is 0 Å². The molecule has 0 aliphatic carbocycles. The molecule has 0 aromatic heterocycles. The number of benzene rings is 1. The lowest BCUT2D eigenvalue weighted by atomic mass is 10.2. The first kappa shape index (κ1) is 11.3. The first-order valence-electron chi connectivity index (χ1n) is 5.04. The van der Waals surface area contributed by atoms with Crippen LogP contribution in [0, 0.1) is 0 Å². The van der Waals surface area contributed by atoms with Crippen LogP contribution >= 0.6 is 27.7 Å². The van der Waals surface area contributed by atoms with Crippen LogP contribution in [-0.4, -0.2) is 24.2 Å². The third-order valence-electron chi connectivity index (χ3n) is 2.25. The number of ether oxygens (including phenoxy) is 1. The summed E-state index contributed by atoms with van der Waals surface area (Å²) in [6.07, 6.45) is 0. The van der Waals surface area contributed by atoms with Crippen molar-refractivity contribution in [3.05, 3.63) is 29.8 Å². The molecule has 1 aromatic carbocycles. The molecule has 0 radical (unpaired) electrons. The third-order valence-corrected chi connectivity index (χ3v) is 3.78. The first-order valence-corrected chi connectivity index (χ1v) is 7.21. The zero-order chi connectivity index (χ0) is 10.5. The molecule has 15 heavy (non-hydrogen) atoms. The van der Waals surface area contributed by atoms with Crippen LogP contribution < -0.4 is 10.1 Å². The van der Waals surface area contributed by atoms with E-state index in [9.17, 15) is 0 Å². The highest BCUT2D eigenvalue weighted by molar-refractivity contribution is 9.09. The van der Waals surface area contributed by atoms with E-state index >= 15 is 0 Å². The molecule has 0 spiro atoms. The zero-order valence-electron chi connectivity index (χ0n) is 8.41. The van der Waals surface area contributed by atoms with Crippen LogP contribution in [0.15, 0.2) is 24.3 Å². The van der Waals surface area contributed by atoms with Crippen LogP contribution in [0.1, 0.15) is 10.9 Å². The molecule has 1 aromatic rings. The SMILES string of the molecule is BrCCOc1ccc(C2NCCS2)cc1. The Morgan fingerprint density at radius 2 is 2.20 bits per heavy atom. The minimum absolute atomic E-state index is 0.468. The molecule has 1 N–H and O–H groups in total. The first-order chi connectivity index (χ1) is 7.40. The molecule has 82 valence electrons. The highest BCUT2D eigenvalue weighted by atomic mass is 79.9. The van der Waals surface area contributed by atoms with Crippen molar-refractivity contribution >= 4 is 27.7 Å². The molecule has 1 heterocycles. The lowest BCUT2D eigenvalue weighted by Gasteiger charge is -2.10. The predicted octanol–water partition coefficient (Wildman–Crippen LogP) is 2.80. The van der Waals surface area contributed by atoms with Crippen LogP contribution in [-0.2, 0) is 0 Å². The highest BCUT2D eigenvalue weighted by Gasteiger charge is 2.16. The maximum atomic E-state index is 5.50. The molecular weight excluding hydrogens is 274 g/mol. The average Bonchev–Trinajstić information content (AvgIpc) is 2.80. The van der Waals surface area contributed by atoms with E-state index in [0.717, 1.165) is 24.2 Å². The van der Waals surface area contributed by atoms with Gasteiger partial charge in [0, 0.05) is 17.6 Å². The van der Waals surface area contributed by atoms with Crippen molar-refractivity contribution in [2.45, 2.75) is 5.37 Å². The summed E-state index contributed by atoms with van der Waals surface area (Å²) < 4.78 is 5.50. The maximum absolute atomic E-state index is 5.50. The van der Waals surface area contributed by atoms with Crippen LogP contribution in [0.5, 0.6) is 5.75 Å². The monoisotopic (exact) mass is 287 g/mol. The number of hydrogen-bond donors (Lipinski definition) is 1. The number of alkyl halides is 1. The predicted molar refractivity (Wildman–Crippen MR) is 68.9 cm³/mol. The highest BCUT2D eigenvalue weighted by Crippen LogP contribution is 2.30.